The van der Waals surface area contributed by atoms with E-state index in [-0.39, 0.29) is 11.3 Å². The molecule has 1 fully saturated rings. The maximum absolute atomic E-state index is 11.5. The molecule has 1 aliphatic rings. The molecule has 6 heteroatoms. The van der Waals surface area contributed by atoms with Crippen LogP contribution in [0.25, 0.3) is 0 Å². The van der Waals surface area contributed by atoms with Gasteiger partial charge in [-0.05, 0) is 24.8 Å². The number of nitrogens with zero attached hydrogens (tertiary/aromatic N) is 2. The van der Waals surface area contributed by atoms with Gasteiger partial charge in [0.05, 0.1) is 11.6 Å². The summed E-state index contributed by atoms with van der Waals surface area (Å²) in [5.74, 6) is -0.576. The lowest BCUT2D eigenvalue weighted by molar-refractivity contribution is -0.144. The molecule has 0 spiro atoms. The highest BCUT2D eigenvalue weighted by atomic mass is 16.5. The van der Waals surface area contributed by atoms with Gasteiger partial charge in [0.25, 0.3) is 0 Å². The number of aromatic nitrogens is 2. The summed E-state index contributed by atoms with van der Waals surface area (Å²) in [7, 11) is 0. The first-order valence-electron chi connectivity index (χ1n) is 7.76. The Bertz CT molecular complexity index is 508. The van der Waals surface area contributed by atoms with Gasteiger partial charge < -0.3 is 15.2 Å². The van der Waals surface area contributed by atoms with E-state index in [1.165, 1.54) is 0 Å². The number of aliphatic carboxylic acids is 1. The van der Waals surface area contributed by atoms with Crippen LogP contribution in [-0.2, 0) is 14.9 Å². The van der Waals surface area contributed by atoms with Gasteiger partial charge in [0, 0.05) is 31.4 Å². The van der Waals surface area contributed by atoms with Crippen molar-refractivity contribution in [3.63, 3.8) is 0 Å². The topological polar surface area (TPSA) is 84.3 Å². The number of ether oxygens (including phenoxy) is 1. The summed E-state index contributed by atoms with van der Waals surface area (Å²) in [6, 6.07) is 1.89. The fraction of sp³-hybridized carbons (Fsp3) is 0.688. The summed E-state index contributed by atoms with van der Waals surface area (Å²) in [6.07, 6.45) is 3.29. The van der Waals surface area contributed by atoms with Crippen LogP contribution in [0.1, 0.15) is 39.3 Å². The zero-order chi connectivity index (χ0) is 16.2. The average Bonchev–Trinajstić information content (AvgIpc) is 2.48. The number of rotatable bonds is 5. The summed E-state index contributed by atoms with van der Waals surface area (Å²) in [5.41, 5.74) is 0.870. The highest BCUT2D eigenvalue weighted by Crippen LogP contribution is 2.25. The number of carboxylic acid groups (broad SMARTS) is 1. The zero-order valence-corrected chi connectivity index (χ0v) is 13.5. The molecule has 1 atom stereocenters. The van der Waals surface area contributed by atoms with Crippen LogP contribution in [0, 0.1) is 11.8 Å². The van der Waals surface area contributed by atoms with E-state index in [0.717, 1.165) is 18.5 Å². The molecule has 2 N–H and O–H groups in total. The third-order valence-corrected chi connectivity index (χ3v) is 4.06. The van der Waals surface area contributed by atoms with Crippen molar-refractivity contribution < 1.29 is 14.6 Å². The molecule has 2 rings (SSSR count). The Labute approximate surface area is 131 Å². The fourth-order valence-corrected chi connectivity index (χ4v) is 2.64. The van der Waals surface area contributed by atoms with Crippen LogP contribution in [0.3, 0.4) is 0 Å². The second kappa shape index (κ2) is 7.05. The number of carbonyl (C=O) groups is 1. The Hall–Kier alpha value is -1.69. The van der Waals surface area contributed by atoms with Crippen molar-refractivity contribution in [2.45, 2.75) is 39.0 Å². The summed E-state index contributed by atoms with van der Waals surface area (Å²) < 4.78 is 5.31. The van der Waals surface area contributed by atoms with E-state index in [9.17, 15) is 9.90 Å². The highest BCUT2D eigenvalue weighted by molar-refractivity contribution is 5.71. The van der Waals surface area contributed by atoms with Crippen molar-refractivity contribution in [1.82, 2.24) is 9.97 Å². The van der Waals surface area contributed by atoms with Gasteiger partial charge >= 0.3 is 5.97 Å². The predicted molar refractivity (Wildman–Crippen MR) is 83.9 cm³/mol. The normalized spacial score (nSPS) is 18.0. The molecule has 122 valence electrons. The average molecular weight is 307 g/mol. The van der Waals surface area contributed by atoms with Gasteiger partial charge in [-0.15, -0.1) is 0 Å². The Morgan fingerprint density at radius 3 is 2.73 bits per heavy atom. The standard InChI is InChI=1S/C16H25N3O3/c1-16(2,3)13-4-7-17-15(19-13)18-10-12(14(20)21)11-5-8-22-9-6-11/h4,7,11-12H,5-6,8-10H2,1-3H3,(H,20,21)(H,17,18,19). The van der Waals surface area contributed by atoms with E-state index in [1.807, 2.05) is 6.07 Å². The molecule has 1 aromatic heterocycles. The minimum atomic E-state index is -0.772. The number of hydrogen-bond donors (Lipinski definition) is 2. The molecular formula is C16H25N3O3. The molecule has 1 saturated heterocycles. The first kappa shape index (κ1) is 16.7. The zero-order valence-electron chi connectivity index (χ0n) is 13.5. The fourth-order valence-electron chi connectivity index (χ4n) is 2.64. The first-order chi connectivity index (χ1) is 10.4. The molecule has 22 heavy (non-hydrogen) atoms. The first-order valence-corrected chi connectivity index (χ1v) is 7.76. The molecule has 1 unspecified atom stereocenters. The molecular weight excluding hydrogens is 282 g/mol. The van der Waals surface area contributed by atoms with Crippen LogP contribution < -0.4 is 5.32 Å². The number of hydrogen-bond acceptors (Lipinski definition) is 5. The van der Waals surface area contributed by atoms with Crippen molar-refractivity contribution in [2.75, 3.05) is 25.1 Å². The van der Waals surface area contributed by atoms with Gasteiger partial charge in [0.15, 0.2) is 0 Å². The van der Waals surface area contributed by atoms with Crippen LogP contribution >= 0.6 is 0 Å². The maximum atomic E-state index is 11.5. The van der Waals surface area contributed by atoms with E-state index in [0.29, 0.717) is 25.7 Å². The van der Waals surface area contributed by atoms with Gasteiger partial charge in [0.1, 0.15) is 0 Å². The van der Waals surface area contributed by atoms with E-state index in [2.05, 4.69) is 36.1 Å². The van der Waals surface area contributed by atoms with Crippen molar-refractivity contribution in [3.05, 3.63) is 18.0 Å². The van der Waals surface area contributed by atoms with Gasteiger partial charge in [0.2, 0.25) is 5.95 Å². The number of carboxylic acids is 1. The molecule has 6 nitrogen and oxygen atoms in total. The molecule has 0 saturated carbocycles. The second-order valence-corrected chi connectivity index (χ2v) is 6.79. The lowest BCUT2D eigenvalue weighted by Crippen LogP contribution is -2.34. The Balaban J connectivity index is 2.01. The van der Waals surface area contributed by atoms with Crippen LogP contribution in [-0.4, -0.2) is 40.8 Å². The summed E-state index contributed by atoms with van der Waals surface area (Å²) in [4.78, 5) is 20.2. The van der Waals surface area contributed by atoms with E-state index in [1.54, 1.807) is 6.20 Å². The SMILES string of the molecule is CC(C)(C)c1ccnc(NCC(C(=O)O)C2CCOCC2)n1. The Morgan fingerprint density at radius 2 is 2.14 bits per heavy atom. The monoisotopic (exact) mass is 307 g/mol. The van der Waals surface area contributed by atoms with Crippen LogP contribution in [0.15, 0.2) is 12.3 Å². The van der Waals surface area contributed by atoms with Crippen LogP contribution in [0.4, 0.5) is 5.95 Å². The van der Waals surface area contributed by atoms with Crippen molar-refractivity contribution in [1.29, 1.82) is 0 Å². The van der Waals surface area contributed by atoms with Gasteiger partial charge in [-0.2, -0.15) is 0 Å². The Kier molecular flexibility index (Phi) is 5.34. The third kappa shape index (κ3) is 4.40. The largest absolute Gasteiger partial charge is 0.481 e. The second-order valence-electron chi connectivity index (χ2n) is 6.79. The third-order valence-electron chi connectivity index (χ3n) is 4.06. The summed E-state index contributed by atoms with van der Waals surface area (Å²) in [6.45, 7) is 7.88. The predicted octanol–water partition coefficient (Wildman–Crippen LogP) is 2.31. The van der Waals surface area contributed by atoms with Gasteiger partial charge in [-0.25, -0.2) is 9.97 Å². The van der Waals surface area contributed by atoms with Crippen LogP contribution in [0.2, 0.25) is 0 Å². The van der Waals surface area contributed by atoms with Crippen molar-refractivity contribution in [3.8, 4) is 0 Å². The Morgan fingerprint density at radius 1 is 1.45 bits per heavy atom. The quantitative estimate of drug-likeness (QED) is 0.868. The molecule has 0 radical (unpaired) electrons. The highest BCUT2D eigenvalue weighted by Gasteiger charge is 2.29. The van der Waals surface area contributed by atoms with Crippen LogP contribution in [0.5, 0.6) is 0 Å². The molecule has 0 aromatic carbocycles. The molecule has 1 aromatic rings. The van der Waals surface area contributed by atoms with Crippen molar-refractivity contribution >= 4 is 11.9 Å². The van der Waals surface area contributed by atoms with E-state index >= 15 is 0 Å². The molecule has 0 bridgehead atoms. The molecule has 0 amide bonds. The minimum Gasteiger partial charge on any atom is -0.481 e. The molecule has 1 aliphatic heterocycles. The van der Waals surface area contributed by atoms with Gasteiger partial charge in [-0.3, -0.25) is 4.79 Å². The van der Waals surface area contributed by atoms with E-state index in [4.69, 9.17) is 4.74 Å². The van der Waals surface area contributed by atoms with E-state index < -0.39 is 11.9 Å². The number of nitrogens with one attached hydrogen (secondary N) is 1. The maximum Gasteiger partial charge on any atom is 0.308 e. The summed E-state index contributed by atoms with van der Waals surface area (Å²) >= 11 is 0. The van der Waals surface area contributed by atoms with Crippen molar-refractivity contribution in [2.24, 2.45) is 11.8 Å². The minimum absolute atomic E-state index is 0.0632. The number of anilines is 1. The smallest absolute Gasteiger partial charge is 0.308 e. The molecule has 0 aliphatic carbocycles. The summed E-state index contributed by atoms with van der Waals surface area (Å²) in [5, 5.41) is 12.6. The van der Waals surface area contributed by atoms with Gasteiger partial charge in [-0.1, -0.05) is 20.8 Å². The molecule has 2 heterocycles. The lowest BCUT2D eigenvalue weighted by atomic mass is 9.86. The lowest BCUT2D eigenvalue weighted by Gasteiger charge is -2.27.